The van der Waals surface area contributed by atoms with E-state index in [1.165, 1.54) is 12.3 Å². The highest BCUT2D eigenvalue weighted by atomic mass is 32.2. The van der Waals surface area contributed by atoms with Crippen molar-refractivity contribution in [3.63, 3.8) is 0 Å². The SMILES string of the molecule is CC1C(=O)OC2(C(=O)O)C1CS(=O)C1C(NC(=O)/C(=N\OCC(N)=O)c3csc(N)n3)C(=O)N12. The molecule has 3 amide bonds. The van der Waals surface area contributed by atoms with Crippen LogP contribution in [0.3, 0.4) is 0 Å². The molecule has 3 aliphatic rings. The summed E-state index contributed by atoms with van der Waals surface area (Å²) < 4.78 is 18.1. The van der Waals surface area contributed by atoms with E-state index in [1.54, 1.807) is 0 Å². The third-order valence-electron chi connectivity index (χ3n) is 5.68. The number of carbonyl (C=O) groups is 5. The van der Waals surface area contributed by atoms with Gasteiger partial charge >= 0.3 is 11.9 Å². The second kappa shape index (κ2) is 8.32. The Kier molecular flexibility index (Phi) is 5.76. The maximum Gasteiger partial charge on any atom is 0.370 e. The highest BCUT2D eigenvalue weighted by Crippen LogP contribution is 2.49. The Morgan fingerprint density at radius 1 is 1.47 bits per heavy atom. The number of hydrogen-bond donors (Lipinski definition) is 4. The number of carboxylic acids is 1. The number of thiazole rings is 1. The van der Waals surface area contributed by atoms with Crippen molar-refractivity contribution < 1.29 is 42.9 Å². The summed E-state index contributed by atoms with van der Waals surface area (Å²) in [6.45, 7) is 0.790. The lowest BCUT2D eigenvalue weighted by molar-refractivity contribution is -0.216. The molecule has 6 N–H and O–H groups in total. The van der Waals surface area contributed by atoms with Gasteiger partial charge in [0.15, 0.2) is 17.5 Å². The number of rotatable bonds is 7. The summed E-state index contributed by atoms with van der Waals surface area (Å²) >= 11 is 0.982. The van der Waals surface area contributed by atoms with Crippen molar-refractivity contribution in [2.75, 3.05) is 18.1 Å². The van der Waals surface area contributed by atoms with Gasteiger partial charge in [0.25, 0.3) is 23.4 Å². The minimum absolute atomic E-state index is 0.0292. The quantitative estimate of drug-likeness (QED) is 0.123. The number of anilines is 1. The molecule has 3 fully saturated rings. The van der Waals surface area contributed by atoms with E-state index in [-0.39, 0.29) is 16.6 Å². The Morgan fingerprint density at radius 3 is 2.76 bits per heavy atom. The van der Waals surface area contributed by atoms with E-state index in [2.05, 4.69) is 15.5 Å². The van der Waals surface area contributed by atoms with E-state index in [9.17, 15) is 33.3 Å². The lowest BCUT2D eigenvalue weighted by Gasteiger charge is -2.56. The first-order chi connectivity index (χ1) is 16.0. The molecule has 15 nitrogen and oxygen atoms in total. The molecule has 1 aromatic heterocycles. The van der Waals surface area contributed by atoms with Crippen LogP contribution in [0.4, 0.5) is 5.13 Å². The Balaban J connectivity index is 1.60. The van der Waals surface area contributed by atoms with Crippen molar-refractivity contribution in [1.29, 1.82) is 0 Å². The number of fused-ring (bicyclic) bond motifs is 3. The van der Waals surface area contributed by atoms with Gasteiger partial charge in [-0.15, -0.1) is 11.3 Å². The summed E-state index contributed by atoms with van der Waals surface area (Å²) in [6.07, 6.45) is 0. The number of ether oxygens (including phenoxy) is 1. The molecule has 182 valence electrons. The predicted octanol–water partition coefficient (Wildman–Crippen LogP) is -3.06. The van der Waals surface area contributed by atoms with E-state index >= 15 is 0 Å². The van der Waals surface area contributed by atoms with Crippen LogP contribution in [-0.2, 0) is 44.3 Å². The zero-order valence-corrected chi connectivity index (χ0v) is 19.0. The van der Waals surface area contributed by atoms with Crippen LogP contribution in [-0.4, -0.2) is 84.1 Å². The molecule has 6 unspecified atom stereocenters. The molecule has 6 atom stereocenters. The normalized spacial score (nSPS) is 32.2. The number of nitrogens with one attached hydrogen (secondary N) is 1. The zero-order chi connectivity index (χ0) is 24.9. The fourth-order valence-corrected chi connectivity index (χ4v) is 6.68. The van der Waals surface area contributed by atoms with E-state index in [0.29, 0.717) is 0 Å². The summed E-state index contributed by atoms with van der Waals surface area (Å²) in [5.74, 6) is -7.30. The molecule has 4 heterocycles. The molecule has 0 saturated carbocycles. The van der Waals surface area contributed by atoms with Crippen molar-refractivity contribution in [3.05, 3.63) is 11.1 Å². The molecular formula is C17H18N6O9S2. The van der Waals surface area contributed by atoms with Crippen molar-refractivity contribution in [1.82, 2.24) is 15.2 Å². The van der Waals surface area contributed by atoms with Crippen molar-refractivity contribution in [3.8, 4) is 0 Å². The number of carbonyl (C=O) groups excluding carboxylic acids is 4. The number of β-lactam (4-membered cyclic amide) rings is 1. The number of aliphatic carboxylic acids is 1. The fraction of sp³-hybridized carbons (Fsp3) is 0.471. The third-order valence-corrected chi connectivity index (χ3v) is 8.07. The highest BCUT2D eigenvalue weighted by molar-refractivity contribution is 7.85. The number of esters is 1. The van der Waals surface area contributed by atoms with Crippen LogP contribution >= 0.6 is 11.3 Å². The van der Waals surface area contributed by atoms with Gasteiger partial charge in [0.1, 0.15) is 17.1 Å². The van der Waals surface area contributed by atoms with Crippen LogP contribution in [0.5, 0.6) is 0 Å². The van der Waals surface area contributed by atoms with Gasteiger partial charge in [-0.2, -0.15) is 0 Å². The van der Waals surface area contributed by atoms with E-state index in [4.69, 9.17) is 21.0 Å². The molecule has 3 aliphatic heterocycles. The van der Waals surface area contributed by atoms with Crippen LogP contribution in [0.2, 0.25) is 0 Å². The first-order valence-corrected chi connectivity index (χ1v) is 11.9. The summed E-state index contributed by atoms with van der Waals surface area (Å²) in [6, 6.07) is -1.41. The maximum absolute atomic E-state index is 13.0. The van der Waals surface area contributed by atoms with Gasteiger partial charge in [-0.05, 0) is 0 Å². The van der Waals surface area contributed by atoms with Crippen LogP contribution in [0.15, 0.2) is 10.5 Å². The van der Waals surface area contributed by atoms with Crippen LogP contribution in [0.1, 0.15) is 12.6 Å². The number of nitrogens with two attached hydrogens (primary N) is 2. The second-order valence-electron chi connectivity index (χ2n) is 7.67. The minimum Gasteiger partial charge on any atom is -0.477 e. The molecule has 0 bridgehead atoms. The molecule has 0 aliphatic carbocycles. The Labute approximate surface area is 196 Å². The molecule has 4 rings (SSSR count). The topological polar surface area (TPSA) is 234 Å². The summed E-state index contributed by atoms with van der Waals surface area (Å²) in [5.41, 5.74) is 7.78. The number of amides is 3. The number of hydrogen-bond acceptors (Lipinski definition) is 12. The first-order valence-electron chi connectivity index (χ1n) is 9.66. The second-order valence-corrected chi connectivity index (χ2v) is 10.1. The van der Waals surface area contributed by atoms with Gasteiger partial charge in [0.2, 0.25) is 0 Å². The molecule has 0 aromatic carbocycles. The average Bonchev–Trinajstić information content (AvgIpc) is 3.29. The van der Waals surface area contributed by atoms with Gasteiger partial charge in [-0.3, -0.25) is 28.3 Å². The molecule has 34 heavy (non-hydrogen) atoms. The summed E-state index contributed by atoms with van der Waals surface area (Å²) in [7, 11) is -1.82. The molecule has 1 aromatic rings. The Hall–Kier alpha value is -3.60. The van der Waals surface area contributed by atoms with Gasteiger partial charge in [0, 0.05) is 21.9 Å². The Morgan fingerprint density at radius 2 is 2.18 bits per heavy atom. The number of nitrogens with zero attached hydrogens (tertiary/aromatic N) is 3. The molecule has 17 heteroatoms. The summed E-state index contributed by atoms with van der Waals surface area (Å²) in [4.78, 5) is 70.5. The number of oxime groups is 1. The first kappa shape index (κ1) is 23.6. The van der Waals surface area contributed by atoms with Crippen molar-refractivity contribution in [2.45, 2.75) is 24.1 Å². The standard InChI is InChI=1S/C17H18N6O9S2/c1-5-6-4-34(30)13-10(12(26)23(13)17(6,15(28)29)32-14(5)27)21-11(25)9(22-31-2-8(18)24)7-3-33-16(19)20-7/h3,5-6,10,13H,2,4H2,1H3,(H2,18,24)(H2,19,20)(H,21,25)(H,28,29)/b22-9-. The molecule has 0 spiro atoms. The smallest absolute Gasteiger partial charge is 0.370 e. The molecule has 3 saturated heterocycles. The lowest BCUT2D eigenvalue weighted by Crippen LogP contribution is -2.83. The van der Waals surface area contributed by atoms with Crippen molar-refractivity contribution >= 4 is 62.6 Å². The largest absolute Gasteiger partial charge is 0.477 e. The summed E-state index contributed by atoms with van der Waals surface area (Å²) in [5, 5.41) is 15.9. The van der Waals surface area contributed by atoms with Crippen LogP contribution in [0, 0.1) is 11.8 Å². The van der Waals surface area contributed by atoms with Crippen molar-refractivity contribution in [2.24, 2.45) is 22.7 Å². The van der Waals surface area contributed by atoms with Gasteiger partial charge in [-0.25, -0.2) is 9.78 Å². The number of nitrogen functional groups attached to an aromatic ring is 1. The number of aromatic nitrogens is 1. The van der Waals surface area contributed by atoms with E-state index in [0.717, 1.165) is 16.2 Å². The lowest BCUT2D eigenvalue weighted by atomic mass is 9.84. The number of primary amides is 1. The minimum atomic E-state index is -2.31. The monoisotopic (exact) mass is 514 g/mol. The van der Waals surface area contributed by atoms with E-state index < -0.39 is 81.8 Å². The average molecular weight is 514 g/mol. The van der Waals surface area contributed by atoms with E-state index in [1.807, 2.05) is 0 Å². The maximum atomic E-state index is 13.0. The van der Waals surface area contributed by atoms with Crippen LogP contribution < -0.4 is 16.8 Å². The van der Waals surface area contributed by atoms with Crippen LogP contribution in [0.25, 0.3) is 0 Å². The number of carboxylic acid groups (broad SMARTS) is 1. The zero-order valence-electron chi connectivity index (χ0n) is 17.3. The molecular weight excluding hydrogens is 496 g/mol. The Bertz CT molecular complexity index is 1170. The molecule has 0 radical (unpaired) electrons. The van der Waals surface area contributed by atoms with Gasteiger partial charge in [-0.1, -0.05) is 12.1 Å². The third kappa shape index (κ3) is 3.47. The highest BCUT2D eigenvalue weighted by Gasteiger charge is 2.74. The predicted molar refractivity (Wildman–Crippen MR) is 113 cm³/mol. The van der Waals surface area contributed by atoms with Gasteiger partial charge in [0.05, 0.1) is 11.8 Å². The fourth-order valence-electron chi connectivity index (χ4n) is 4.08. The van der Waals surface area contributed by atoms with Gasteiger partial charge < -0.3 is 31.5 Å².